The van der Waals surface area contributed by atoms with Crippen molar-refractivity contribution in [2.75, 3.05) is 13.2 Å². The number of alkyl halides is 4. The Hall–Kier alpha value is -2.79. The SMILES string of the molecule is CCCCO[C@H]1[C@@H](F)C(N(/C=C\C(C)=O)C(C)=O)O[C@@]1(COC(=O)c1ccccc1)C(F)(F)F. The van der Waals surface area contributed by atoms with Crippen molar-refractivity contribution in [2.24, 2.45) is 0 Å². The standard InChI is InChI=1S/C23H27F4NO6/c1-4-5-13-32-19-18(24)20(28(16(3)30)12-11-15(2)29)34-22(19,23(25,26)27)14-33-21(31)17-9-7-6-8-10-17/h6-12,18-20H,4-5,13-14H2,1-3H3/b12-11-/t18-,19+,20?,22-/m1/s1. The Morgan fingerprint density at radius 2 is 1.82 bits per heavy atom. The number of ether oxygens (including phenoxy) is 3. The van der Waals surface area contributed by atoms with Gasteiger partial charge in [-0.25, -0.2) is 9.18 Å². The molecule has 0 bridgehead atoms. The molecule has 1 unspecified atom stereocenters. The number of hydrogen-bond acceptors (Lipinski definition) is 6. The third kappa shape index (κ3) is 6.20. The Balaban J connectivity index is 2.45. The molecule has 4 atom stereocenters. The number of allylic oxidation sites excluding steroid dienone is 1. The lowest BCUT2D eigenvalue weighted by molar-refractivity contribution is -0.309. The zero-order chi connectivity index (χ0) is 25.5. The average molecular weight is 489 g/mol. The quantitative estimate of drug-likeness (QED) is 0.214. The fourth-order valence-corrected chi connectivity index (χ4v) is 3.36. The van der Waals surface area contributed by atoms with Crippen LogP contribution < -0.4 is 0 Å². The van der Waals surface area contributed by atoms with Crippen LogP contribution in [0.5, 0.6) is 0 Å². The highest BCUT2D eigenvalue weighted by Crippen LogP contribution is 2.47. The summed E-state index contributed by atoms with van der Waals surface area (Å²) in [6.07, 6.45) is -9.36. The number of carbonyl (C=O) groups excluding carboxylic acids is 3. The Bertz CT molecular complexity index is 891. The Morgan fingerprint density at radius 1 is 1.18 bits per heavy atom. The highest BCUT2D eigenvalue weighted by atomic mass is 19.4. The number of ketones is 1. The van der Waals surface area contributed by atoms with Crippen molar-refractivity contribution in [3.05, 3.63) is 48.2 Å². The lowest BCUT2D eigenvalue weighted by atomic mass is 9.95. The second kappa shape index (κ2) is 11.6. The molecular weight excluding hydrogens is 462 g/mol. The molecule has 1 aliphatic rings. The van der Waals surface area contributed by atoms with Crippen LogP contribution in [0.2, 0.25) is 0 Å². The molecule has 1 aromatic rings. The second-order valence-corrected chi connectivity index (χ2v) is 7.78. The van der Waals surface area contributed by atoms with E-state index in [0.29, 0.717) is 17.7 Å². The third-order valence-corrected chi connectivity index (χ3v) is 5.16. The van der Waals surface area contributed by atoms with Gasteiger partial charge in [0, 0.05) is 19.7 Å². The first-order valence-electron chi connectivity index (χ1n) is 10.6. The molecule has 1 aromatic carbocycles. The lowest BCUT2D eigenvalue weighted by Gasteiger charge is -2.35. The third-order valence-electron chi connectivity index (χ3n) is 5.16. The van der Waals surface area contributed by atoms with Gasteiger partial charge in [-0.3, -0.25) is 14.5 Å². The molecule has 188 valence electrons. The minimum absolute atomic E-state index is 0.00984. The number of halogens is 4. The van der Waals surface area contributed by atoms with E-state index in [1.165, 1.54) is 24.3 Å². The highest BCUT2D eigenvalue weighted by molar-refractivity contribution is 5.89. The summed E-state index contributed by atoms with van der Waals surface area (Å²) in [5, 5.41) is 0. The molecule has 1 aliphatic heterocycles. The van der Waals surface area contributed by atoms with Gasteiger partial charge in [-0.05, 0) is 31.6 Å². The number of esters is 1. The summed E-state index contributed by atoms with van der Waals surface area (Å²) in [6.45, 7) is 2.28. The largest absolute Gasteiger partial charge is 0.459 e. The van der Waals surface area contributed by atoms with Crippen molar-refractivity contribution in [3.8, 4) is 0 Å². The maximum atomic E-state index is 15.5. The minimum Gasteiger partial charge on any atom is -0.459 e. The van der Waals surface area contributed by atoms with Gasteiger partial charge in [0.05, 0.1) is 5.56 Å². The molecule has 7 nitrogen and oxygen atoms in total. The number of rotatable bonds is 10. The predicted molar refractivity (Wildman–Crippen MR) is 112 cm³/mol. The molecule has 0 aliphatic carbocycles. The van der Waals surface area contributed by atoms with Gasteiger partial charge in [0.15, 0.2) is 18.2 Å². The molecule has 0 N–H and O–H groups in total. The van der Waals surface area contributed by atoms with Crippen molar-refractivity contribution in [1.82, 2.24) is 4.90 Å². The van der Waals surface area contributed by atoms with Crippen molar-refractivity contribution in [3.63, 3.8) is 0 Å². The van der Waals surface area contributed by atoms with Crippen LogP contribution in [-0.4, -0.2) is 66.1 Å². The fraction of sp³-hybridized carbons (Fsp3) is 0.522. The van der Waals surface area contributed by atoms with Crippen LogP contribution >= 0.6 is 0 Å². The summed E-state index contributed by atoms with van der Waals surface area (Å²) < 4.78 is 74.1. The monoisotopic (exact) mass is 489 g/mol. The molecule has 1 saturated heterocycles. The van der Waals surface area contributed by atoms with E-state index in [2.05, 4.69) is 0 Å². The molecule has 0 aromatic heterocycles. The zero-order valence-corrected chi connectivity index (χ0v) is 19.0. The number of unbranched alkanes of at least 4 members (excludes halogenated alkanes) is 1. The summed E-state index contributed by atoms with van der Waals surface area (Å²) in [5.41, 5.74) is -3.41. The zero-order valence-electron chi connectivity index (χ0n) is 19.0. The molecule has 1 fully saturated rings. The second-order valence-electron chi connectivity index (χ2n) is 7.78. The van der Waals surface area contributed by atoms with Gasteiger partial charge >= 0.3 is 12.1 Å². The molecule has 1 heterocycles. The van der Waals surface area contributed by atoms with Gasteiger partial charge < -0.3 is 14.2 Å². The number of nitrogens with zero attached hydrogens (tertiary/aromatic N) is 1. The summed E-state index contributed by atoms with van der Waals surface area (Å²) in [4.78, 5) is 36.2. The van der Waals surface area contributed by atoms with E-state index in [-0.39, 0.29) is 12.2 Å². The van der Waals surface area contributed by atoms with E-state index in [4.69, 9.17) is 14.2 Å². The molecular formula is C23H27F4NO6. The Kier molecular flexibility index (Phi) is 9.34. The summed E-state index contributed by atoms with van der Waals surface area (Å²) in [6, 6.07) is 7.29. The summed E-state index contributed by atoms with van der Waals surface area (Å²) in [5.74, 6) is -2.45. The van der Waals surface area contributed by atoms with Crippen LogP contribution in [0.15, 0.2) is 42.6 Å². The van der Waals surface area contributed by atoms with E-state index in [1.54, 1.807) is 13.0 Å². The van der Waals surface area contributed by atoms with Gasteiger partial charge in [-0.2, -0.15) is 13.2 Å². The molecule has 0 spiro atoms. The lowest BCUT2D eigenvalue weighted by Crippen LogP contribution is -2.58. The molecule has 34 heavy (non-hydrogen) atoms. The number of carbonyl (C=O) groups is 3. The Labute approximate surface area is 194 Å². The first-order valence-corrected chi connectivity index (χ1v) is 10.6. The van der Waals surface area contributed by atoms with Crippen molar-refractivity contribution in [1.29, 1.82) is 0 Å². The van der Waals surface area contributed by atoms with E-state index >= 15 is 4.39 Å². The average Bonchev–Trinajstić information content (AvgIpc) is 3.05. The van der Waals surface area contributed by atoms with Crippen LogP contribution in [0, 0.1) is 0 Å². The smallest absolute Gasteiger partial charge is 0.423 e. The molecule has 0 radical (unpaired) electrons. The van der Waals surface area contributed by atoms with Gasteiger partial charge in [0.2, 0.25) is 11.5 Å². The summed E-state index contributed by atoms with van der Waals surface area (Å²) >= 11 is 0. The van der Waals surface area contributed by atoms with Gasteiger partial charge in [0.1, 0.15) is 12.7 Å². The van der Waals surface area contributed by atoms with Crippen molar-refractivity contribution < 1.29 is 46.2 Å². The number of amides is 1. The molecule has 2 rings (SSSR count). The van der Waals surface area contributed by atoms with E-state index in [9.17, 15) is 27.6 Å². The first kappa shape index (κ1) is 27.5. The van der Waals surface area contributed by atoms with Gasteiger partial charge in [-0.1, -0.05) is 31.5 Å². The van der Waals surface area contributed by atoms with Gasteiger partial charge in [0.25, 0.3) is 0 Å². The number of benzene rings is 1. The van der Waals surface area contributed by atoms with Crippen molar-refractivity contribution >= 4 is 17.7 Å². The number of hydrogen-bond donors (Lipinski definition) is 0. The topological polar surface area (TPSA) is 82.1 Å². The fourth-order valence-electron chi connectivity index (χ4n) is 3.36. The Morgan fingerprint density at radius 3 is 2.35 bits per heavy atom. The molecule has 1 amide bonds. The van der Waals surface area contributed by atoms with Crippen molar-refractivity contribution in [2.45, 2.75) is 63.9 Å². The van der Waals surface area contributed by atoms with Crippen LogP contribution in [0.3, 0.4) is 0 Å². The molecule has 0 saturated carbocycles. The van der Waals surface area contributed by atoms with Crippen LogP contribution in [0.25, 0.3) is 0 Å². The predicted octanol–water partition coefficient (Wildman–Crippen LogP) is 3.98. The normalized spacial score (nSPS) is 24.9. The first-order chi connectivity index (χ1) is 15.9. The van der Waals surface area contributed by atoms with E-state index < -0.39 is 54.5 Å². The highest BCUT2D eigenvalue weighted by Gasteiger charge is 2.72. The maximum absolute atomic E-state index is 15.5. The summed E-state index contributed by atoms with van der Waals surface area (Å²) in [7, 11) is 0. The minimum atomic E-state index is -5.24. The van der Waals surface area contributed by atoms with Crippen LogP contribution in [0.4, 0.5) is 17.6 Å². The maximum Gasteiger partial charge on any atom is 0.423 e. The van der Waals surface area contributed by atoms with Gasteiger partial charge in [-0.15, -0.1) is 0 Å². The van der Waals surface area contributed by atoms with E-state index in [0.717, 1.165) is 26.1 Å². The van der Waals surface area contributed by atoms with Crippen LogP contribution in [-0.2, 0) is 23.8 Å². The van der Waals surface area contributed by atoms with Crippen LogP contribution in [0.1, 0.15) is 44.0 Å². The molecule has 11 heteroatoms. The van der Waals surface area contributed by atoms with E-state index in [1.807, 2.05) is 0 Å².